The zero-order chi connectivity index (χ0) is 15.3. The van der Waals surface area contributed by atoms with Crippen molar-refractivity contribution in [1.29, 1.82) is 0 Å². The molecule has 0 aliphatic carbocycles. The Morgan fingerprint density at radius 2 is 2.10 bits per heavy atom. The van der Waals surface area contributed by atoms with E-state index in [0.29, 0.717) is 26.2 Å². The number of hydrogen-bond donors (Lipinski definition) is 2. The van der Waals surface area contributed by atoms with Crippen LogP contribution in [0.15, 0.2) is 0 Å². The molecule has 0 aromatic rings. The van der Waals surface area contributed by atoms with Gasteiger partial charge in [0.15, 0.2) is 0 Å². The highest BCUT2D eigenvalue weighted by atomic mass is 19.4. The molecule has 1 aliphatic heterocycles. The summed E-state index contributed by atoms with van der Waals surface area (Å²) in [7, 11) is 0. The molecule has 0 aromatic carbocycles. The lowest BCUT2D eigenvalue weighted by Gasteiger charge is -2.40. The molecule has 2 atom stereocenters. The number of nitrogens with zero attached hydrogens (tertiary/aromatic N) is 2. The predicted octanol–water partition coefficient (Wildman–Crippen LogP) is 0.0518. The lowest BCUT2D eigenvalue weighted by molar-refractivity contribution is -0.139. The minimum absolute atomic E-state index is 0.0249. The van der Waals surface area contributed by atoms with Crippen LogP contribution in [-0.2, 0) is 4.79 Å². The largest absolute Gasteiger partial charge is 0.405 e. The first-order valence-corrected chi connectivity index (χ1v) is 6.65. The van der Waals surface area contributed by atoms with E-state index in [1.807, 2.05) is 17.1 Å². The molecule has 0 spiro atoms. The van der Waals surface area contributed by atoms with E-state index in [9.17, 15) is 23.1 Å². The zero-order valence-corrected chi connectivity index (χ0v) is 11.8. The minimum Gasteiger partial charge on any atom is -0.392 e. The Balaban J connectivity index is 2.31. The Morgan fingerprint density at radius 3 is 2.60 bits per heavy atom. The SMILES string of the molecule is C[C@H](O)CN1CCN(CC(=O)NCC(F)(F)F)C[C@H]1C. The van der Waals surface area contributed by atoms with Gasteiger partial charge in [-0.05, 0) is 13.8 Å². The fourth-order valence-corrected chi connectivity index (χ4v) is 2.28. The number of piperazine rings is 1. The third kappa shape index (κ3) is 6.53. The molecule has 5 nitrogen and oxygen atoms in total. The van der Waals surface area contributed by atoms with Crippen molar-refractivity contribution in [2.24, 2.45) is 0 Å². The summed E-state index contributed by atoms with van der Waals surface area (Å²) in [6.45, 7) is 4.84. The summed E-state index contributed by atoms with van der Waals surface area (Å²) in [5, 5.41) is 11.2. The molecule has 0 unspecified atom stereocenters. The predicted molar refractivity (Wildman–Crippen MR) is 68.2 cm³/mol. The number of amides is 1. The average Bonchev–Trinajstić information content (AvgIpc) is 2.29. The van der Waals surface area contributed by atoms with E-state index in [-0.39, 0.29) is 12.6 Å². The van der Waals surface area contributed by atoms with Gasteiger partial charge >= 0.3 is 6.18 Å². The molecule has 1 saturated heterocycles. The third-order valence-electron chi connectivity index (χ3n) is 3.20. The number of halogens is 3. The zero-order valence-electron chi connectivity index (χ0n) is 11.8. The van der Waals surface area contributed by atoms with Gasteiger partial charge in [0.25, 0.3) is 0 Å². The molecule has 1 heterocycles. The van der Waals surface area contributed by atoms with Gasteiger partial charge in [0.2, 0.25) is 5.91 Å². The monoisotopic (exact) mass is 297 g/mol. The number of carbonyl (C=O) groups is 1. The van der Waals surface area contributed by atoms with E-state index in [4.69, 9.17) is 0 Å². The Bertz CT molecular complexity index is 324. The van der Waals surface area contributed by atoms with Crippen LogP contribution < -0.4 is 5.32 Å². The maximum atomic E-state index is 12.0. The summed E-state index contributed by atoms with van der Waals surface area (Å²) >= 11 is 0. The van der Waals surface area contributed by atoms with Crippen molar-refractivity contribution in [3.8, 4) is 0 Å². The molecule has 1 fully saturated rings. The van der Waals surface area contributed by atoms with Gasteiger partial charge in [-0.2, -0.15) is 13.2 Å². The Hall–Kier alpha value is -0.860. The fraction of sp³-hybridized carbons (Fsp3) is 0.917. The molecule has 1 rings (SSSR count). The standard InChI is InChI=1S/C12H22F3N3O2/c1-9-5-17(3-4-18(9)6-10(2)19)7-11(20)16-8-12(13,14)15/h9-10,19H,3-8H2,1-2H3,(H,16,20)/t9-,10+/m1/s1. The second-order valence-corrected chi connectivity index (χ2v) is 5.32. The van der Waals surface area contributed by atoms with Crippen LogP contribution in [-0.4, -0.2) is 78.4 Å². The second-order valence-electron chi connectivity index (χ2n) is 5.32. The van der Waals surface area contributed by atoms with Crippen LogP contribution in [0.1, 0.15) is 13.8 Å². The molecule has 8 heteroatoms. The first kappa shape index (κ1) is 17.2. The van der Waals surface area contributed by atoms with E-state index < -0.39 is 24.7 Å². The quantitative estimate of drug-likeness (QED) is 0.753. The maximum Gasteiger partial charge on any atom is 0.405 e. The number of alkyl halides is 3. The van der Waals surface area contributed by atoms with E-state index in [1.54, 1.807) is 6.92 Å². The third-order valence-corrected chi connectivity index (χ3v) is 3.20. The Kier molecular flexibility index (Phi) is 6.22. The van der Waals surface area contributed by atoms with Crippen molar-refractivity contribution in [2.75, 3.05) is 39.3 Å². The van der Waals surface area contributed by atoms with Crippen LogP contribution in [0.25, 0.3) is 0 Å². The molecule has 0 radical (unpaired) electrons. The summed E-state index contributed by atoms with van der Waals surface area (Å²) in [5.74, 6) is -0.612. The molecular formula is C12H22F3N3O2. The molecule has 1 amide bonds. The van der Waals surface area contributed by atoms with Crippen molar-refractivity contribution < 1.29 is 23.1 Å². The van der Waals surface area contributed by atoms with E-state index in [0.717, 1.165) is 0 Å². The molecule has 1 aliphatic rings. The van der Waals surface area contributed by atoms with Crippen LogP contribution in [0.4, 0.5) is 13.2 Å². The van der Waals surface area contributed by atoms with Crippen molar-refractivity contribution in [3.63, 3.8) is 0 Å². The molecular weight excluding hydrogens is 275 g/mol. The van der Waals surface area contributed by atoms with Gasteiger partial charge in [-0.3, -0.25) is 14.6 Å². The lowest BCUT2D eigenvalue weighted by Crippen LogP contribution is -2.55. The van der Waals surface area contributed by atoms with Gasteiger partial charge in [-0.1, -0.05) is 0 Å². The van der Waals surface area contributed by atoms with Crippen LogP contribution >= 0.6 is 0 Å². The van der Waals surface area contributed by atoms with Crippen LogP contribution in [0.2, 0.25) is 0 Å². The van der Waals surface area contributed by atoms with Gasteiger partial charge in [-0.25, -0.2) is 0 Å². The molecule has 2 N–H and O–H groups in total. The average molecular weight is 297 g/mol. The van der Waals surface area contributed by atoms with Crippen molar-refractivity contribution in [2.45, 2.75) is 32.2 Å². The van der Waals surface area contributed by atoms with E-state index in [1.165, 1.54) is 0 Å². The maximum absolute atomic E-state index is 12.0. The lowest BCUT2D eigenvalue weighted by atomic mass is 10.1. The first-order chi connectivity index (χ1) is 9.17. The van der Waals surface area contributed by atoms with Gasteiger partial charge in [0.1, 0.15) is 6.54 Å². The summed E-state index contributed by atoms with van der Waals surface area (Å²) in [6, 6.07) is 0.161. The number of aliphatic hydroxyl groups is 1. The van der Waals surface area contributed by atoms with Crippen molar-refractivity contribution in [1.82, 2.24) is 15.1 Å². The highest BCUT2D eigenvalue weighted by molar-refractivity contribution is 5.78. The topological polar surface area (TPSA) is 55.8 Å². The minimum atomic E-state index is -4.38. The Morgan fingerprint density at radius 1 is 1.45 bits per heavy atom. The molecule has 0 aromatic heterocycles. The first-order valence-electron chi connectivity index (χ1n) is 6.65. The fourth-order valence-electron chi connectivity index (χ4n) is 2.28. The summed E-state index contributed by atoms with van der Waals surface area (Å²) in [6.07, 6.45) is -4.79. The number of nitrogens with one attached hydrogen (secondary N) is 1. The summed E-state index contributed by atoms with van der Waals surface area (Å²) in [5.41, 5.74) is 0. The van der Waals surface area contributed by atoms with Gasteiger partial charge in [0.05, 0.1) is 12.6 Å². The summed E-state index contributed by atoms with van der Waals surface area (Å²) in [4.78, 5) is 15.4. The number of β-amino-alcohol motifs (C(OH)–C–C–N with tert-alkyl or cyclic N) is 1. The smallest absolute Gasteiger partial charge is 0.392 e. The number of aliphatic hydroxyl groups excluding tert-OH is 1. The van der Waals surface area contributed by atoms with Crippen LogP contribution in [0, 0.1) is 0 Å². The Labute approximate surface area is 116 Å². The molecule has 0 saturated carbocycles. The number of rotatable bonds is 5. The molecule has 20 heavy (non-hydrogen) atoms. The van der Waals surface area contributed by atoms with Crippen molar-refractivity contribution in [3.05, 3.63) is 0 Å². The van der Waals surface area contributed by atoms with Gasteiger partial charge in [-0.15, -0.1) is 0 Å². The number of hydrogen-bond acceptors (Lipinski definition) is 4. The normalized spacial score (nSPS) is 23.6. The van der Waals surface area contributed by atoms with E-state index in [2.05, 4.69) is 4.90 Å². The van der Waals surface area contributed by atoms with Crippen LogP contribution in [0.3, 0.4) is 0 Å². The highest BCUT2D eigenvalue weighted by Gasteiger charge is 2.29. The molecule has 0 bridgehead atoms. The number of carbonyl (C=O) groups excluding carboxylic acids is 1. The highest BCUT2D eigenvalue weighted by Crippen LogP contribution is 2.12. The molecule has 118 valence electrons. The summed E-state index contributed by atoms with van der Waals surface area (Å²) < 4.78 is 35.9. The van der Waals surface area contributed by atoms with Gasteiger partial charge < -0.3 is 10.4 Å². The van der Waals surface area contributed by atoms with Crippen LogP contribution in [0.5, 0.6) is 0 Å². The van der Waals surface area contributed by atoms with Crippen molar-refractivity contribution >= 4 is 5.91 Å². The van der Waals surface area contributed by atoms with E-state index >= 15 is 0 Å². The second kappa shape index (κ2) is 7.24. The van der Waals surface area contributed by atoms with Gasteiger partial charge in [0, 0.05) is 32.2 Å².